The van der Waals surface area contributed by atoms with E-state index in [9.17, 15) is 0 Å². The molecule has 0 amide bonds. The summed E-state index contributed by atoms with van der Waals surface area (Å²) in [4.78, 5) is 7.43. The molecule has 0 spiro atoms. The Kier molecular flexibility index (Phi) is 3.48. The van der Waals surface area contributed by atoms with E-state index in [0.717, 1.165) is 17.1 Å². The lowest BCUT2D eigenvalue weighted by molar-refractivity contribution is 0.558. The van der Waals surface area contributed by atoms with Gasteiger partial charge in [0.15, 0.2) is 0 Å². The Morgan fingerprint density at radius 2 is 2.39 bits per heavy atom. The van der Waals surface area contributed by atoms with Gasteiger partial charge in [-0.05, 0) is 37.8 Å². The quantitative estimate of drug-likeness (QED) is 0.668. The molecule has 1 unspecified atom stereocenters. The summed E-state index contributed by atoms with van der Waals surface area (Å²) in [5.74, 6) is 5.71. The van der Waals surface area contributed by atoms with Crippen LogP contribution in [0.3, 0.4) is 0 Å². The van der Waals surface area contributed by atoms with Crippen molar-refractivity contribution in [1.29, 1.82) is 0 Å². The zero-order valence-electron chi connectivity index (χ0n) is 10.4. The molecule has 0 radical (unpaired) electrons. The van der Waals surface area contributed by atoms with E-state index in [1.165, 1.54) is 29.7 Å². The van der Waals surface area contributed by atoms with E-state index in [-0.39, 0.29) is 6.04 Å². The highest BCUT2D eigenvalue weighted by molar-refractivity contribution is 7.12. The van der Waals surface area contributed by atoms with Crippen molar-refractivity contribution in [2.24, 2.45) is 5.84 Å². The minimum Gasteiger partial charge on any atom is -0.271 e. The standard InChI is InChI=1S/C13H17N3S2/c1-8-7-17-13(15-8)6-10(16-14)12-5-9-3-2-4-11(9)18-12/h5,7,10,16H,2-4,6,14H2,1H3. The molecule has 96 valence electrons. The van der Waals surface area contributed by atoms with Crippen molar-refractivity contribution in [3.05, 3.63) is 37.5 Å². The van der Waals surface area contributed by atoms with Gasteiger partial charge in [-0.25, -0.2) is 4.98 Å². The van der Waals surface area contributed by atoms with Crippen molar-refractivity contribution in [3.8, 4) is 0 Å². The Hall–Kier alpha value is -0.750. The maximum absolute atomic E-state index is 5.71. The number of hydrogen-bond acceptors (Lipinski definition) is 5. The minimum absolute atomic E-state index is 0.200. The molecular weight excluding hydrogens is 262 g/mol. The number of thiophene rings is 1. The lowest BCUT2D eigenvalue weighted by atomic mass is 10.1. The Labute approximate surface area is 115 Å². The molecule has 3 rings (SSSR count). The highest BCUT2D eigenvalue weighted by atomic mass is 32.1. The fourth-order valence-corrected chi connectivity index (χ4v) is 4.57. The van der Waals surface area contributed by atoms with Crippen molar-refractivity contribution in [1.82, 2.24) is 10.4 Å². The molecule has 0 aromatic carbocycles. The van der Waals surface area contributed by atoms with Crippen molar-refractivity contribution < 1.29 is 0 Å². The summed E-state index contributed by atoms with van der Waals surface area (Å²) < 4.78 is 0. The highest BCUT2D eigenvalue weighted by Gasteiger charge is 2.20. The third-order valence-electron chi connectivity index (χ3n) is 3.36. The predicted octanol–water partition coefficient (Wildman–Crippen LogP) is 2.75. The number of hydrogen-bond donors (Lipinski definition) is 2. The highest BCUT2D eigenvalue weighted by Crippen LogP contribution is 2.34. The Morgan fingerprint density at radius 3 is 3.06 bits per heavy atom. The van der Waals surface area contributed by atoms with E-state index in [2.05, 4.69) is 21.9 Å². The number of aromatic nitrogens is 1. The van der Waals surface area contributed by atoms with Gasteiger partial charge in [0.1, 0.15) is 0 Å². The summed E-state index contributed by atoms with van der Waals surface area (Å²) in [5, 5.41) is 3.25. The molecule has 1 aliphatic rings. The van der Waals surface area contributed by atoms with Crippen LogP contribution in [0, 0.1) is 6.92 Å². The molecule has 0 bridgehead atoms. The number of hydrazine groups is 1. The normalized spacial score (nSPS) is 15.9. The topological polar surface area (TPSA) is 50.9 Å². The zero-order valence-corrected chi connectivity index (χ0v) is 12.0. The molecule has 2 aromatic heterocycles. The van der Waals surface area contributed by atoms with Gasteiger partial charge in [0.25, 0.3) is 0 Å². The molecule has 0 fully saturated rings. The summed E-state index contributed by atoms with van der Waals surface area (Å²) >= 11 is 3.63. The van der Waals surface area contributed by atoms with Gasteiger partial charge in [0.2, 0.25) is 0 Å². The smallest absolute Gasteiger partial charge is 0.0947 e. The van der Waals surface area contributed by atoms with Crippen LogP contribution in [-0.2, 0) is 19.3 Å². The van der Waals surface area contributed by atoms with Gasteiger partial charge >= 0.3 is 0 Å². The van der Waals surface area contributed by atoms with Gasteiger partial charge < -0.3 is 0 Å². The van der Waals surface area contributed by atoms with E-state index in [4.69, 9.17) is 5.84 Å². The van der Waals surface area contributed by atoms with Crippen LogP contribution in [0.5, 0.6) is 0 Å². The largest absolute Gasteiger partial charge is 0.271 e. The van der Waals surface area contributed by atoms with Gasteiger partial charge in [0, 0.05) is 27.2 Å². The van der Waals surface area contributed by atoms with Crippen LogP contribution in [0.15, 0.2) is 11.4 Å². The summed E-state index contributed by atoms with van der Waals surface area (Å²) in [6.07, 6.45) is 4.68. The first kappa shape index (κ1) is 12.3. The van der Waals surface area contributed by atoms with Crippen LogP contribution >= 0.6 is 22.7 Å². The fraction of sp³-hybridized carbons (Fsp3) is 0.462. The number of thiazole rings is 1. The molecule has 2 aromatic rings. The number of nitrogens with one attached hydrogen (secondary N) is 1. The van der Waals surface area contributed by atoms with E-state index in [1.807, 2.05) is 18.3 Å². The van der Waals surface area contributed by atoms with Crippen molar-refractivity contribution >= 4 is 22.7 Å². The fourth-order valence-electron chi connectivity index (χ4n) is 2.44. The second kappa shape index (κ2) is 5.09. The first-order chi connectivity index (χ1) is 8.76. The number of nitrogens with two attached hydrogens (primary N) is 1. The van der Waals surface area contributed by atoms with Gasteiger partial charge in [-0.1, -0.05) is 0 Å². The van der Waals surface area contributed by atoms with Crippen LogP contribution in [-0.4, -0.2) is 4.98 Å². The lowest BCUT2D eigenvalue weighted by Crippen LogP contribution is -2.29. The van der Waals surface area contributed by atoms with E-state index in [1.54, 1.807) is 16.2 Å². The van der Waals surface area contributed by atoms with Gasteiger partial charge in [-0.2, -0.15) is 0 Å². The molecule has 1 aliphatic carbocycles. The zero-order chi connectivity index (χ0) is 12.5. The molecule has 18 heavy (non-hydrogen) atoms. The Balaban J connectivity index is 1.79. The summed E-state index contributed by atoms with van der Waals surface area (Å²) in [6, 6.07) is 2.53. The maximum Gasteiger partial charge on any atom is 0.0947 e. The van der Waals surface area contributed by atoms with Crippen LogP contribution in [0.1, 0.15) is 38.5 Å². The molecule has 0 saturated heterocycles. The lowest BCUT2D eigenvalue weighted by Gasteiger charge is -2.12. The van der Waals surface area contributed by atoms with Gasteiger partial charge in [-0.3, -0.25) is 11.3 Å². The second-order valence-electron chi connectivity index (χ2n) is 4.76. The third kappa shape index (κ3) is 2.36. The summed E-state index contributed by atoms with van der Waals surface area (Å²) in [6.45, 7) is 2.03. The monoisotopic (exact) mass is 279 g/mol. The first-order valence-electron chi connectivity index (χ1n) is 6.25. The molecule has 1 atom stereocenters. The second-order valence-corrected chi connectivity index (χ2v) is 6.87. The molecule has 2 heterocycles. The number of aryl methyl sites for hydroxylation is 3. The van der Waals surface area contributed by atoms with Crippen LogP contribution in [0.4, 0.5) is 0 Å². The SMILES string of the molecule is Cc1csc(CC(NN)c2cc3c(s2)CCC3)n1. The Morgan fingerprint density at radius 1 is 1.50 bits per heavy atom. The van der Waals surface area contributed by atoms with Crippen molar-refractivity contribution in [2.45, 2.75) is 38.6 Å². The predicted molar refractivity (Wildman–Crippen MR) is 77.0 cm³/mol. The molecular formula is C13H17N3S2. The van der Waals surface area contributed by atoms with Gasteiger partial charge in [0.05, 0.1) is 11.0 Å². The van der Waals surface area contributed by atoms with Crippen molar-refractivity contribution in [2.75, 3.05) is 0 Å². The molecule has 0 saturated carbocycles. The van der Waals surface area contributed by atoms with Crippen molar-refractivity contribution in [3.63, 3.8) is 0 Å². The number of nitrogens with zero attached hydrogens (tertiary/aromatic N) is 1. The van der Waals surface area contributed by atoms with E-state index >= 15 is 0 Å². The molecule has 3 nitrogen and oxygen atoms in total. The molecule has 0 aliphatic heterocycles. The average molecular weight is 279 g/mol. The van der Waals surface area contributed by atoms with E-state index in [0.29, 0.717) is 0 Å². The number of rotatable bonds is 4. The van der Waals surface area contributed by atoms with Crippen LogP contribution < -0.4 is 11.3 Å². The first-order valence-corrected chi connectivity index (χ1v) is 7.94. The third-order valence-corrected chi connectivity index (χ3v) is 5.70. The van der Waals surface area contributed by atoms with E-state index < -0.39 is 0 Å². The molecule has 3 N–H and O–H groups in total. The summed E-state index contributed by atoms with van der Waals surface area (Å²) in [5.41, 5.74) is 5.57. The molecule has 5 heteroatoms. The maximum atomic E-state index is 5.71. The average Bonchev–Trinajstić information content (AvgIpc) is 3.00. The Bertz CT molecular complexity index is 523. The number of fused-ring (bicyclic) bond motifs is 1. The van der Waals surface area contributed by atoms with Crippen LogP contribution in [0.2, 0.25) is 0 Å². The van der Waals surface area contributed by atoms with Gasteiger partial charge in [-0.15, -0.1) is 22.7 Å². The summed E-state index contributed by atoms with van der Waals surface area (Å²) in [7, 11) is 0. The minimum atomic E-state index is 0.200. The van der Waals surface area contributed by atoms with Crippen LogP contribution in [0.25, 0.3) is 0 Å².